The summed E-state index contributed by atoms with van der Waals surface area (Å²) in [5.41, 5.74) is 7.43. The summed E-state index contributed by atoms with van der Waals surface area (Å²) >= 11 is 2.66. The van der Waals surface area contributed by atoms with E-state index in [-0.39, 0.29) is 17.6 Å². The Morgan fingerprint density at radius 3 is 2.57 bits per heavy atom. The number of aromatic nitrogens is 2. The highest BCUT2D eigenvalue weighted by Crippen LogP contribution is 2.26. The summed E-state index contributed by atoms with van der Waals surface area (Å²) in [5, 5.41) is 8.76. The summed E-state index contributed by atoms with van der Waals surface area (Å²) < 4.78 is 0. The molecule has 0 radical (unpaired) electrons. The number of amides is 2. The van der Waals surface area contributed by atoms with E-state index in [0.717, 1.165) is 10.2 Å². The standard InChI is InChI=1S/C21H17N5O2S2/c22-18-15-10-11-29-20(15)26-21(25-18)30-12-17(27)24-16-9-5-4-8-14(16)19(28)23-13-6-2-1-3-7-13/h1-11H,12H2,(H,23,28)(H,24,27)(H2,22,25,26). The maximum Gasteiger partial charge on any atom is 0.257 e. The van der Waals surface area contributed by atoms with Crippen LogP contribution in [0.5, 0.6) is 0 Å². The average Bonchev–Trinajstić information content (AvgIpc) is 3.23. The van der Waals surface area contributed by atoms with Crippen molar-refractivity contribution in [3.8, 4) is 0 Å². The number of benzene rings is 2. The van der Waals surface area contributed by atoms with Gasteiger partial charge < -0.3 is 16.4 Å². The highest BCUT2D eigenvalue weighted by atomic mass is 32.2. The third-order valence-corrected chi connectivity index (χ3v) is 5.80. The summed E-state index contributed by atoms with van der Waals surface area (Å²) in [6, 6.07) is 17.9. The molecule has 0 spiro atoms. The lowest BCUT2D eigenvalue weighted by atomic mass is 10.1. The van der Waals surface area contributed by atoms with Gasteiger partial charge in [-0.3, -0.25) is 9.59 Å². The van der Waals surface area contributed by atoms with Crippen molar-refractivity contribution in [1.29, 1.82) is 0 Å². The van der Waals surface area contributed by atoms with E-state index in [1.54, 1.807) is 36.4 Å². The number of nitrogens with one attached hydrogen (secondary N) is 2. The molecule has 0 fully saturated rings. The molecule has 7 nitrogen and oxygen atoms in total. The summed E-state index contributed by atoms with van der Waals surface area (Å²) in [6.45, 7) is 0. The van der Waals surface area contributed by atoms with Crippen LogP contribution >= 0.6 is 23.1 Å². The van der Waals surface area contributed by atoms with Crippen LogP contribution in [0.2, 0.25) is 0 Å². The fourth-order valence-corrected chi connectivity index (χ4v) is 4.23. The zero-order valence-electron chi connectivity index (χ0n) is 15.7. The van der Waals surface area contributed by atoms with Crippen molar-refractivity contribution >= 4 is 62.3 Å². The molecule has 0 aliphatic carbocycles. The molecule has 0 atom stereocenters. The molecule has 9 heteroatoms. The van der Waals surface area contributed by atoms with Crippen LogP contribution in [0.3, 0.4) is 0 Å². The number of thiophene rings is 1. The third kappa shape index (κ3) is 4.58. The van der Waals surface area contributed by atoms with Crippen molar-refractivity contribution in [2.75, 3.05) is 22.1 Å². The lowest BCUT2D eigenvalue weighted by molar-refractivity contribution is -0.113. The van der Waals surface area contributed by atoms with Gasteiger partial charge in [-0.2, -0.15) is 0 Å². The maximum absolute atomic E-state index is 12.6. The third-order valence-electron chi connectivity index (χ3n) is 4.14. The predicted octanol–water partition coefficient (Wildman–Crippen LogP) is 4.26. The van der Waals surface area contributed by atoms with Gasteiger partial charge in [-0.25, -0.2) is 9.97 Å². The molecule has 0 bridgehead atoms. The van der Waals surface area contributed by atoms with Gasteiger partial charge in [0.05, 0.1) is 22.4 Å². The summed E-state index contributed by atoms with van der Waals surface area (Å²) in [5.74, 6) is -0.0881. The number of anilines is 3. The second kappa shape index (κ2) is 8.93. The lowest BCUT2D eigenvalue weighted by Crippen LogP contribution is -2.19. The Hall–Kier alpha value is -3.43. The van der Waals surface area contributed by atoms with Gasteiger partial charge in [0.15, 0.2) is 5.16 Å². The quantitative estimate of drug-likeness (QED) is 0.308. The molecule has 30 heavy (non-hydrogen) atoms. The molecule has 150 valence electrons. The Balaban J connectivity index is 1.42. The van der Waals surface area contributed by atoms with E-state index in [1.165, 1.54) is 23.1 Å². The van der Waals surface area contributed by atoms with Crippen LogP contribution in [-0.4, -0.2) is 27.5 Å². The smallest absolute Gasteiger partial charge is 0.257 e. The van der Waals surface area contributed by atoms with Crippen molar-refractivity contribution in [2.45, 2.75) is 5.16 Å². The van der Waals surface area contributed by atoms with Crippen LogP contribution in [0.4, 0.5) is 17.2 Å². The number of rotatable bonds is 6. The van der Waals surface area contributed by atoms with E-state index >= 15 is 0 Å². The van der Waals surface area contributed by atoms with E-state index in [9.17, 15) is 9.59 Å². The number of hydrogen-bond acceptors (Lipinski definition) is 7. The summed E-state index contributed by atoms with van der Waals surface area (Å²) in [7, 11) is 0. The molecule has 0 aliphatic heterocycles. The van der Waals surface area contributed by atoms with Gasteiger partial charge in [0.1, 0.15) is 10.6 Å². The number of nitrogens with two attached hydrogens (primary N) is 1. The molecule has 0 saturated carbocycles. The second-order valence-corrected chi connectivity index (χ2v) is 8.07. The lowest BCUT2D eigenvalue weighted by Gasteiger charge is -2.11. The van der Waals surface area contributed by atoms with Crippen LogP contribution in [-0.2, 0) is 4.79 Å². The van der Waals surface area contributed by atoms with Crippen LogP contribution < -0.4 is 16.4 Å². The minimum absolute atomic E-state index is 0.0883. The number of hydrogen-bond donors (Lipinski definition) is 3. The van der Waals surface area contributed by atoms with Crippen molar-refractivity contribution in [3.63, 3.8) is 0 Å². The Kier molecular flexibility index (Phi) is 5.92. The van der Waals surface area contributed by atoms with E-state index in [4.69, 9.17) is 5.73 Å². The first-order valence-electron chi connectivity index (χ1n) is 8.99. The second-order valence-electron chi connectivity index (χ2n) is 6.23. The predicted molar refractivity (Wildman–Crippen MR) is 122 cm³/mol. The highest BCUT2D eigenvalue weighted by Gasteiger charge is 2.14. The van der Waals surface area contributed by atoms with E-state index in [2.05, 4.69) is 20.6 Å². The monoisotopic (exact) mass is 435 g/mol. The van der Waals surface area contributed by atoms with Gasteiger partial charge in [-0.05, 0) is 35.7 Å². The topological polar surface area (TPSA) is 110 Å². The Morgan fingerprint density at radius 1 is 0.967 bits per heavy atom. The normalized spacial score (nSPS) is 10.7. The van der Waals surface area contributed by atoms with Gasteiger partial charge in [0.25, 0.3) is 5.91 Å². The van der Waals surface area contributed by atoms with Crippen LogP contribution in [0.1, 0.15) is 10.4 Å². The fraction of sp³-hybridized carbons (Fsp3) is 0.0476. The number of carbonyl (C=O) groups is 2. The van der Waals surface area contributed by atoms with Gasteiger partial charge in [0.2, 0.25) is 5.91 Å². The molecule has 4 N–H and O–H groups in total. The summed E-state index contributed by atoms with van der Waals surface area (Å²) in [6.07, 6.45) is 0. The maximum atomic E-state index is 12.6. The highest BCUT2D eigenvalue weighted by molar-refractivity contribution is 7.99. The zero-order valence-corrected chi connectivity index (χ0v) is 17.3. The average molecular weight is 436 g/mol. The first-order valence-corrected chi connectivity index (χ1v) is 10.9. The van der Waals surface area contributed by atoms with Crippen molar-refractivity contribution < 1.29 is 9.59 Å². The first kappa shape index (κ1) is 19.9. The molecule has 2 amide bonds. The fourth-order valence-electron chi connectivity index (χ4n) is 2.75. The number of fused-ring (bicyclic) bond motifs is 1. The molecule has 4 aromatic rings. The zero-order chi connectivity index (χ0) is 20.9. The molecular formula is C21H17N5O2S2. The summed E-state index contributed by atoms with van der Waals surface area (Å²) in [4.78, 5) is 34.5. The molecule has 2 aromatic heterocycles. The number of para-hydroxylation sites is 2. The van der Waals surface area contributed by atoms with Crippen molar-refractivity contribution in [1.82, 2.24) is 9.97 Å². The van der Waals surface area contributed by atoms with E-state index in [0.29, 0.717) is 27.9 Å². The molecule has 2 aromatic carbocycles. The van der Waals surface area contributed by atoms with Gasteiger partial charge in [0, 0.05) is 5.69 Å². The Morgan fingerprint density at radius 2 is 1.73 bits per heavy atom. The number of carbonyl (C=O) groups excluding carboxylic acids is 2. The van der Waals surface area contributed by atoms with Gasteiger partial charge >= 0.3 is 0 Å². The molecular weight excluding hydrogens is 418 g/mol. The SMILES string of the molecule is Nc1nc(SCC(=O)Nc2ccccc2C(=O)Nc2ccccc2)nc2sccc12. The number of nitrogen functional groups attached to an aromatic ring is 1. The Labute approximate surface area is 180 Å². The molecule has 0 saturated heterocycles. The van der Waals surface area contributed by atoms with Crippen LogP contribution in [0.15, 0.2) is 71.2 Å². The molecule has 0 unspecified atom stereocenters. The first-order chi connectivity index (χ1) is 14.6. The van der Waals surface area contributed by atoms with Crippen LogP contribution in [0.25, 0.3) is 10.2 Å². The number of thioether (sulfide) groups is 1. The van der Waals surface area contributed by atoms with Crippen molar-refractivity contribution in [2.24, 2.45) is 0 Å². The van der Waals surface area contributed by atoms with E-state index in [1.807, 2.05) is 29.6 Å². The van der Waals surface area contributed by atoms with Gasteiger partial charge in [-0.1, -0.05) is 42.1 Å². The van der Waals surface area contributed by atoms with E-state index < -0.39 is 0 Å². The minimum atomic E-state index is -0.302. The molecule has 2 heterocycles. The molecule has 4 rings (SSSR count). The number of nitrogens with zero attached hydrogens (tertiary/aromatic N) is 2. The Bertz CT molecular complexity index is 1210. The van der Waals surface area contributed by atoms with Crippen LogP contribution in [0, 0.1) is 0 Å². The molecule has 0 aliphatic rings. The minimum Gasteiger partial charge on any atom is -0.383 e. The largest absolute Gasteiger partial charge is 0.383 e. The van der Waals surface area contributed by atoms with Gasteiger partial charge in [-0.15, -0.1) is 11.3 Å². The van der Waals surface area contributed by atoms with Crippen molar-refractivity contribution in [3.05, 3.63) is 71.6 Å².